The van der Waals surface area contributed by atoms with Crippen LogP contribution in [-0.2, 0) is 0 Å². The Hall–Kier alpha value is -1.59. The first kappa shape index (κ1) is 10.9. The van der Waals surface area contributed by atoms with Crippen LogP contribution in [0.25, 0.3) is 5.69 Å². The van der Waals surface area contributed by atoms with Gasteiger partial charge in [0.15, 0.2) is 0 Å². The summed E-state index contributed by atoms with van der Waals surface area (Å²) in [6.07, 6.45) is 4.73. The van der Waals surface area contributed by atoms with Crippen molar-refractivity contribution in [2.75, 3.05) is 0 Å². The Balaban J connectivity index is 2.61. The molecule has 0 unspecified atom stereocenters. The summed E-state index contributed by atoms with van der Waals surface area (Å²) in [5.41, 5.74) is 0.338. The molecule has 0 amide bonds. The zero-order chi connectivity index (χ0) is 11.7. The molecule has 0 spiro atoms. The normalized spacial score (nSPS) is 10.4. The largest absolute Gasteiger partial charge is 0.303 e. The molecule has 5 nitrogen and oxygen atoms in total. The number of nitrogens with zero attached hydrogens (tertiary/aromatic N) is 3. The maximum atomic E-state index is 10.6. The molecular formula is C9H5Cl2N3O2. The van der Waals surface area contributed by atoms with Gasteiger partial charge in [-0.25, -0.2) is 4.98 Å². The minimum atomic E-state index is -0.546. The molecule has 1 aromatic heterocycles. The fourth-order valence-corrected chi connectivity index (χ4v) is 1.97. The number of hydrogen-bond acceptors (Lipinski definition) is 3. The molecule has 0 bridgehead atoms. The molecule has 0 aliphatic rings. The van der Waals surface area contributed by atoms with E-state index < -0.39 is 4.92 Å². The van der Waals surface area contributed by atoms with E-state index in [2.05, 4.69) is 4.98 Å². The van der Waals surface area contributed by atoms with Gasteiger partial charge < -0.3 is 4.57 Å². The van der Waals surface area contributed by atoms with Gasteiger partial charge in [0.1, 0.15) is 0 Å². The van der Waals surface area contributed by atoms with Gasteiger partial charge in [0, 0.05) is 24.5 Å². The second-order valence-electron chi connectivity index (χ2n) is 2.99. The first-order valence-corrected chi connectivity index (χ1v) is 4.97. The third kappa shape index (κ3) is 1.87. The fraction of sp³-hybridized carbons (Fsp3) is 0. The second kappa shape index (κ2) is 4.11. The molecule has 0 saturated heterocycles. The summed E-state index contributed by atoms with van der Waals surface area (Å²) in [5.74, 6) is 0. The average molecular weight is 258 g/mol. The highest BCUT2D eigenvalue weighted by Gasteiger charge is 2.15. The maximum absolute atomic E-state index is 10.6. The van der Waals surface area contributed by atoms with Crippen LogP contribution in [0.15, 0.2) is 30.9 Å². The molecule has 0 N–H and O–H groups in total. The van der Waals surface area contributed by atoms with Gasteiger partial charge >= 0.3 is 0 Å². The molecule has 0 atom stereocenters. The standard InChI is InChI=1S/C9H5Cl2N3O2/c10-7-3-6(14(15)16)4-8(11)9(7)13-2-1-12-5-13/h1-5H. The van der Waals surface area contributed by atoms with E-state index >= 15 is 0 Å². The van der Waals surface area contributed by atoms with Crippen molar-refractivity contribution in [3.05, 3.63) is 51.0 Å². The molecule has 1 heterocycles. The zero-order valence-electron chi connectivity index (χ0n) is 7.80. The van der Waals surface area contributed by atoms with E-state index in [0.717, 1.165) is 0 Å². The predicted octanol–water partition coefficient (Wildman–Crippen LogP) is 3.09. The lowest BCUT2D eigenvalue weighted by molar-refractivity contribution is -0.384. The summed E-state index contributed by atoms with van der Waals surface area (Å²) in [6.45, 7) is 0. The summed E-state index contributed by atoms with van der Waals surface area (Å²) in [5, 5.41) is 11.0. The van der Waals surface area contributed by atoms with Crippen molar-refractivity contribution in [1.82, 2.24) is 9.55 Å². The van der Waals surface area contributed by atoms with Gasteiger partial charge in [-0.3, -0.25) is 10.1 Å². The van der Waals surface area contributed by atoms with E-state index in [1.54, 1.807) is 17.0 Å². The van der Waals surface area contributed by atoms with Gasteiger partial charge in [0.25, 0.3) is 5.69 Å². The van der Waals surface area contributed by atoms with Crippen LogP contribution in [0.5, 0.6) is 0 Å². The molecule has 2 rings (SSSR count). The molecule has 16 heavy (non-hydrogen) atoms. The van der Waals surface area contributed by atoms with E-state index in [0.29, 0.717) is 5.69 Å². The van der Waals surface area contributed by atoms with E-state index in [1.165, 1.54) is 18.5 Å². The molecule has 0 radical (unpaired) electrons. The Kier molecular flexibility index (Phi) is 2.80. The molecule has 2 aromatic rings. The summed E-state index contributed by atoms with van der Waals surface area (Å²) in [7, 11) is 0. The number of non-ortho nitro benzene ring substituents is 1. The molecular weight excluding hydrogens is 253 g/mol. The number of hydrogen-bond donors (Lipinski definition) is 0. The number of halogens is 2. The number of benzene rings is 1. The Morgan fingerprint density at radius 2 is 1.94 bits per heavy atom. The third-order valence-corrected chi connectivity index (χ3v) is 2.55. The quantitative estimate of drug-likeness (QED) is 0.614. The van der Waals surface area contributed by atoms with Gasteiger partial charge in [0.2, 0.25) is 0 Å². The smallest absolute Gasteiger partial charge is 0.272 e. The summed E-state index contributed by atoms with van der Waals surface area (Å²) >= 11 is 11.9. The lowest BCUT2D eigenvalue weighted by Gasteiger charge is -2.07. The number of rotatable bonds is 2. The molecule has 0 aliphatic carbocycles. The summed E-state index contributed by atoms with van der Waals surface area (Å²) < 4.78 is 1.59. The topological polar surface area (TPSA) is 61.0 Å². The number of nitro benzene ring substituents is 1. The highest BCUT2D eigenvalue weighted by molar-refractivity contribution is 6.38. The fourth-order valence-electron chi connectivity index (χ4n) is 1.30. The molecule has 7 heteroatoms. The second-order valence-corrected chi connectivity index (χ2v) is 3.80. The zero-order valence-corrected chi connectivity index (χ0v) is 9.31. The first-order valence-electron chi connectivity index (χ1n) is 4.21. The molecule has 82 valence electrons. The molecule has 0 saturated carbocycles. The van der Waals surface area contributed by atoms with Gasteiger partial charge in [-0.05, 0) is 0 Å². The average Bonchev–Trinajstić information content (AvgIpc) is 2.69. The summed E-state index contributed by atoms with van der Waals surface area (Å²) in [6, 6.07) is 2.51. The Morgan fingerprint density at radius 1 is 1.31 bits per heavy atom. The summed E-state index contributed by atoms with van der Waals surface area (Å²) in [4.78, 5) is 13.9. The van der Waals surface area contributed by atoms with Gasteiger partial charge in [-0.2, -0.15) is 0 Å². The third-order valence-electron chi connectivity index (χ3n) is 1.98. The highest BCUT2D eigenvalue weighted by atomic mass is 35.5. The molecule has 0 fully saturated rings. The number of imidazole rings is 1. The molecule has 1 aromatic carbocycles. The first-order chi connectivity index (χ1) is 7.59. The minimum absolute atomic E-state index is 0.140. The Labute approximate surface area is 100 Å². The van der Waals surface area contributed by atoms with E-state index in [9.17, 15) is 10.1 Å². The van der Waals surface area contributed by atoms with E-state index in [4.69, 9.17) is 23.2 Å². The Bertz CT molecular complexity index is 517. The van der Waals surface area contributed by atoms with Crippen LogP contribution in [0.3, 0.4) is 0 Å². The number of nitro groups is 1. The lowest BCUT2D eigenvalue weighted by Crippen LogP contribution is -1.95. The van der Waals surface area contributed by atoms with Gasteiger partial charge in [0.05, 0.1) is 27.0 Å². The molecule has 0 aliphatic heterocycles. The number of aromatic nitrogens is 2. The Morgan fingerprint density at radius 3 is 2.38 bits per heavy atom. The van der Waals surface area contributed by atoms with Gasteiger partial charge in [-0.15, -0.1) is 0 Å². The van der Waals surface area contributed by atoms with Crippen LogP contribution in [0.4, 0.5) is 5.69 Å². The van der Waals surface area contributed by atoms with E-state index in [1.807, 2.05) is 0 Å². The lowest BCUT2D eigenvalue weighted by atomic mass is 10.3. The van der Waals surface area contributed by atoms with Gasteiger partial charge in [-0.1, -0.05) is 23.2 Å². The predicted molar refractivity (Wildman–Crippen MR) is 60.2 cm³/mol. The maximum Gasteiger partial charge on any atom is 0.272 e. The van der Waals surface area contributed by atoms with Crippen molar-refractivity contribution < 1.29 is 4.92 Å². The van der Waals surface area contributed by atoms with Crippen molar-refractivity contribution in [1.29, 1.82) is 0 Å². The monoisotopic (exact) mass is 257 g/mol. The van der Waals surface area contributed by atoms with Crippen molar-refractivity contribution >= 4 is 28.9 Å². The van der Waals surface area contributed by atoms with Crippen LogP contribution >= 0.6 is 23.2 Å². The van der Waals surface area contributed by atoms with Crippen LogP contribution in [-0.4, -0.2) is 14.5 Å². The minimum Gasteiger partial charge on any atom is -0.303 e. The van der Waals surface area contributed by atoms with E-state index in [-0.39, 0.29) is 15.7 Å². The van der Waals surface area contributed by atoms with Crippen LogP contribution in [0.1, 0.15) is 0 Å². The van der Waals surface area contributed by atoms with Crippen LogP contribution in [0, 0.1) is 10.1 Å². The van der Waals surface area contributed by atoms with Crippen molar-refractivity contribution in [2.45, 2.75) is 0 Å². The SMILES string of the molecule is O=[N+]([O-])c1cc(Cl)c(-n2ccnc2)c(Cl)c1. The van der Waals surface area contributed by atoms with Crippen molar-refractivity contribution in [3.8, 4) is 5.69 Å². The highest BCUT2D eigenvalue weighted by Crippen LogP contribution is 2.32. The van der Waals surface area contributed by atoms with Crippen LogP contribution in [0.2, 0.25) is 10.0 Å². The van der Waals surface area contributed by atoms with Crippen molar-refractivity contribution in [3.63, 3.8) is 0 Å². The van der Waals surface area contributed by atoms with Crippen molar-refractivity contribution in [2.24, 2.45) is 0 Å². The van der Waals surface area contributed by atoms with Crippen LogP contribution < -0.4 is 0 Å².